The minimum absolute atomic E-state index is 0.0306. The molecule has 1 heteroatoms. The molecule has 0 saturated carbocycles. The monoisotopic (exact) mass is 559 g/mol. The summed E-state index contributed by atoms with van der Waals surface area (Å²) in [5, 5.41) is 1.71. The maximum Gasteiger partial charge on any atom is 0.135 e. The van der Waals surface area contributed by atoms with Crippen molar-refractivity contribution in [1.29, 1.82) is 0 Å². The van der Waals surface area contributed by atoms with Gasteiger partial charge in [-0.25, -0.2) is 0 Å². The highest BCUT2D eigenvalue weighted by atomic mass is 16.3. The van der Waals surface area contributed by atoms with Gasteiger partial charge in [0.25, 0.3) is 0 Å². The topological polar surface area (TPSA) is 13.1 Å². The lowest BCUT2D eigenvalue weighted by Crippen LogP contribution is -1.91. The first-order valence-corrected chi connectivity index (χ1v) is 13.7. The van der Waals surface area contributed by atoms with Crippen molar-refractivity contribution in [2.75, 3.05) is 0 Å². The number of fused-ring (bicyclic) bond motifs is 6. The van der Waals surface area contributed by atoms with Crippen LogP contribution in [0.1, 0.15) is 17.8 Å². The molecule has 9 aromatic rings. The molecule has 8 aromatic carbocycles. The van der Waals surface area contributed by atoms with Crippen molar-refractivity contribution in [2.45, 2.75) is 0 Å². The van der Waals surface area contributed by atoms with Gasteiger partial charge >= 0.3 is 0 Å². The molecule has 1 aromatic heterocycles. The number of benzene rings is 8. The van der Waals surface area contributed by atoms with E-state index < -0.39 is 42.3 Å². The fourth-order valence-corrected chi connectivity index (χ4v) is 5.94. The molecule has 0 spiro atoms. The van der Waals surface area contributed by atoms with Gasteiger partial charge < -0.3 is 4.42 Å². The summed E-state index contributed by atoms with van der Waals surface area (Å²) < 4.78 is 122. The summed E-state index contributed by atoms with van der Waals surface area (Å²) in [4.78, 5) is 0. The van der Waals surface area contributed by atoms with Crippen LogP contribution in [0.4, 0.5) is 0 Å². The maximum atomic E-state index is 9.75. The number of rotatable bonds is 3. The van der Waals surface area contributed by atoms with Crippen LogP contribution in [0.15, 0.2) is 162 Å². The van der Waals surface area contributed by atoms with Gasteiger partial charge in [-0.1, -0.05) is 133 Å². The standard InChI is InChI=1S/C42H26O/c1-2-11-27(12-3-1)29-21-23-39-37(25-29)38-26-30(22-24-40(38)43-39)41-33-16-6-8-18-35(33)42(36-19-9-7-17-34(36)41)32-20-10-14-28-13-4-5-15-31(28)32/h1-26H/i4D,5D,10D,13D,14D,15D,20D,21D,22D,23D,24D,25D,26D. The molecule has 9 rings (SSSR count). The summed E-state index contributed by atoms with van der Waals surface area (Å²) in [6.45, 7) is 0. The van der Waals surface area contributed by atoms with E-state index in [1.54, 1.807) is 78.9 Å². The van der Waals surface area contributed by atoms with E-state index in [9.17, 15) is 6.85 Å². The lowest BCUT2D eigenvalue weighted by molar-refractivity contribution is 0.669. The highest BCUT2D eigenvalue weighted by molar-refractivity contribution is 6.24. The van der Waals surface area contributed by atoms with Gasteiger partial charge in [-0.3, -0.25) is 0 Å². The molecule has 0 unspecified atom stereocenters. The van der Waals surface area contributed by atoms with Crippen LogP contribution in [0.25, 0.3) is 87.6 Å². The fraction of sp³-hybridized carbons (Fsp3) is 0. The number of hydrogen-bond acceptors (Lipinski definition) is 1. The average molecular weight is 560 g/mol. The van der Waals surface area contributed by atoms with Gasteiger partial charge in [0.05, 0.1) is 17.8 Å². The van der Waals surface area contributed by atoms with E-state index in [0.717, 1.165) is 0 Å². The van der Waals surface area contributed by atoms with Crippen molar-refractivity contribution >= 4 is 54.3 Å². The molecule has 0 saturated heterocycles. The van der Waals surface area contributed by atoms with E-state index in [2.05, 4.69) is 0 Å². The van der Waals surface area contributed by atoms with Crippen LogP contribution < -0.4 is 0 Å². The smallest absolute Gasteiger partial charge is 0.135 e. The lowest BCUT2D eigenvalue weighted by atomic mass is 9.84. The Hall–Kier alpha value is -5.66. The fourth-order valence-electron chi connectivity index (χ4n) is 5.94. The van der Waals surface area contributed by atoms with Gasteiger partial charge in [0.15, 0.2) is 0 Å². The van der Waals surface area contributed by atoms with Gasteiger partial charge in [0.2, 0.25) is 0 Å². The molecule has 0 fully saturated rings. The first kappa shape index (κ1) is 14.5. The molecule has 0 amide bonds. The molecule has 0 aliphatic rings. The Morgan fingerprint density at radius 2 is 0.953 bits per heavy atom. The van der Waals surface area contributed by atoms with E-state index >= 15 is 0 Å². The van der Waals surface area contributed by atoms with Crippen molar-refractivity contribution in [3.63, 3.8) is 0 Å². The Balaban J connectivity index is 1.48. The average Bonchev–Trinajstić information content (AvgIpc) is 3.62. The van der Waals surface area contributed by atoms with Crippen LogP contribution in [0.2, 0.25) is 0 Å². The van der Waals surface area contributed by atoms with Crippen molar-refractivity contribution < 1.29 is 22.2 Å². The molecule has 0 aliphatic heterocycles. The molecule has 0 N–H and O–H groups in total. The zero-order chi connectivity index (χ0) is 39.6. The Labute approximate surface area is 267 Å². The van der Waals surface area contributed by atoms with Crippen molar-refractivity contribution in [1.82, 2.24) is 0 Å². The largest absolute Gasteiger partial charge is 0.456 e. The highest BCUT2D eigenvalue weighted by Crippen LogP contribution is 2.46. The summed E-state index contributed by atoms with van der Waals surface area (Å²) in [6, 6.07) is 17.5. The molecule has 0 radical (unpaired) electrons. The highest BCUT2D eigenvalue weighted by Gasteiger charge is 2.19. The third-order valence-corrected chi connectivity index (χ3v) is 7.82. The Morgan fingerprint density at radius 3 is 1.65 bits per heavy atom. The van der Waals surface area contributed by atoms with Gasteiger partial charge in [-0.15, -0.1) is 0 Å². The molecular weight excluding hydrogens is 520 g/mol. The summed E-state index contributed by atoms with van der Waals surface area (Å²) in [6.07, 6.45) is 0. The number of hydrogen-bond donors (Lipinski definition) is 0. The normalized spacial score (nSPS) is 16.0. The van der Waals surface area contributed by atoms with E-state index in [4.69, 9.17) is 15.4 Å². The minimum atomic E-state index is -0.563. The van der Waals surface area contributed by atoms with Crippen LogP contribution in [-0.4, -0.2) is 0 Å². The Morgan fingerprint density at radius 1 is 0.395 bits per heavy atom. The van der Waals surface area contributed by atoms with E-state index in [1.807, 2.05) is 0 Å². The zero-order valence-corrected chi connectivity index (χ0v) is 22.4. The predicted octanol–water partition coefficient (Wildman–Crippen LogP) is 12.0. The van der Waals surface area contributed by atoms with Gasteiger partial charge in [0, 0.05) is 10.8 Å². The SMILES string of the molecule is [2H]c1c(-c2ccccc2)c([2H])c2c(oc3c([2H])c([2H])c(-c4c5ccccc5c(-c5c([2H])c([2H])c([2H])c6c([2H])c([2H])c([2H])c([2H])c56)c5ccccc45)c([2H])c32)c1[2H]. The van der Waals surface area contributed by atoms with Gasteiger partial charge in [0.1, 0.15) is 11.2 Å². The van der Waals surface area contributed by atoms with Crippen LogP contribution in [-0.2, 0) is 0 Å². The maximum absolute atomic E-state index is 9.75. The third kappa shape index (κ3) is 3.72. The molecular formula is C42H26O. The first-order valence-electron chi connectivity index (χ1n) is 20.2. The summed E-state index contributed by atoms with van der Waals surface area (Å²) >= 11 is 0. The molecule has 200 valence electrons. The second-order valence-corrected chi connectivity index (χ2v) is 10.2. The van der Waals surface area contributed by atoms with Crippen molar-refractivity contribution in [2.24, 2.45) is 0 Å². The van der Waals surface area contributed by atoms with Gasteiger partial charge in [-0.05, 0) is 89.9 Å². The Kier molecular flexibility index (Phi) is 3.18. The van der Waals surface area contributed by atoms with Crippen LogP contribution >= 0.6 is 0 Å². The quantitative estimate of drug-likeness (QED) is 0.196. The second-order valence-electron chi connectivity index (χ2n) is 10.2. The van der Waals surface area contributed by atoms with E-state index in [1.165, 1.54) is 0 Å². The molecule has 1 heterocycles. The van der Waals surface area contributed by atoms with Crippen molar-refractivity contribution in [3.05, 3.63) is 157 Å². The molecule has 0 aliphatic carbocycles. The van der Waals surface area contributed by atoms with Crippen LogP contribution in [0.3, 0.4) is 0 Å². The predicted molar refractivity (Wildman–Crippen MR) is 183 cm³/mol. The van der Waals surface area contributed by atoms with E-state index in [0.29, 0.717) is 38.2 Å². The minimum Gasteiger partial charge on any atom is -0.456 e. The molecule has 1 nitrogen and oxygen atoms in total. The Bertz CT molecular complexity index is 3160. The summed E-state index contributed by atoms with van der Waals surface area (Å²) in [5.41, 5.74) is 1.19. The third-order valence-electron chi connectivity index (χ3n) is 7.82. The lowest BCUT2D eigenvalue weighted by Gasteiger charge is -2.18. The molecule has 0 bridgehead atoms. The number of furan rings is 1. The summed E-state index contributed by atoms with van der Waals surface area (Å²) in [7, 11) is 0. The van der Waals surface area contributed by atoms with E-state index in [-0.39, 0.29) is 85.7 Å². The van der Waals surface area contributed by atoms with Crippen molar-refractivity contribution in [3.8, 4) is 33.4 Å². The molecule has 0 atom stereocenters. The van der Waals surface area contributed by atoms with Gasteiger partial charge in [-0.2, -0.15) is 0 Å². The second kappa shape index (κ2) is 9.44. The first-order chi connectivity index (χ1) is 26.8. The zero-order valence-electron chi connectivity index (χ0n) is 35.4. The summed E-state index contributed by atoms with van der Waals surface area (Å²) in [5.74, 6) is 0. The van der Waals surface area contributed by atoms with Crippen LogP contribution in [0.5, 0.6) is 0 Å². The van der Waals surface area contributed by atoms with Crippen LogP contribution in [0, 0.1) is 0 Å². The molecule has 43 heavy (non-hydrogen) atoms.